The summed E-state index contributed by atoms with van der Waals surface area (Å²) in [5.41, 5.74) is -4.60. The first-order valence-electron chi connectivity index (χ1n) is 17.2. The molecule has 2 aromatic rings. The highest BCUT2D eigenvalue weighted by Crippen LogP contribution is 2.46. The van der Waals surface area contributed by atoms with Crippen LogP contribution in [0.4, 0.5) is 18.0 Å². The van der Waals surface area contributed by atoms with Crippen molar-refractivity contribution >= 4 is 44.9 Å². The number of nitrogens with one attached hydrogen (secondary N) is 3. The molecule has 3 fully saturated rings. The number of sulfonamides is 1. The molecule has 0 bridgehead atoms. The fraction of sp³-hybridized carbons (Fsp3) is 0.600. The number of ether oxygens (including phenoxy) is 2. The Labute approximate surface area is 305 Å². The van der Waals surface area contributed by atoms with E-state index in [0.717, 1.165) is 11.0 Å². The summed E-state index contributed by atoms with van der Waals surface area (Å²) in [6.45, 7) is 14.9. The Morgan fingerprint density at radius 2 is 1.74 bits per heavy atom. The van der Waals surface area contributed by atoms with Crippen molar-refractivity contribution < 1.29 is 50.2 Å². The summed E-state index contributed by atoms with van der Waals surface area (Å²) in [5.74, 6) is -3.38. The number of likely N-dealkylation sites (tertiary alicyclic amines) is 1. The summed E-state index contributed by atoms with van der Waals surface area (Å²) >= 11 is 0. The zero-order valence-electron chi connectivity index (χ0n) is 30.6. The van der Waals surface area contributed by atoms with Gasteiger partial charge in [-0.05, 0) is 64.5 Å². The molecule has 0 aromatic carbocycles. The molecular formula is C35H45F3N6O8S. The van der Waals surface area contributed by atoms with Gasteiger partial charge in [0.2, 0.25) is 21.8 Å². The van der Waals surface area contributed by atoms with Gasteiger partial charge in [-0.3, -0.25) is 19.1 Å². The maximum absolute atomic E-state index is 14.4. The van der Waals surface area contributed by atoms with Crippen molar-refractivity contribution in [1.82, 2.24) is 30.2 Å². The molecule has 1 aliphatic heterocycles. The Morgan fingerprint density at radius 1 is 1.08 bits per heavy atom. The zero-order chi connectivity index (χ0) is 39.5. The van der Waals surface area contributed by atoms with E-state index in [0.29, 0.717) is 18.5 Å². The molecule has 290 valence electrons. The van der Waals surface area contributed by atoms with E-state index in [1.807, 2.05) is 0 Å². The fourth-order valence-electron chi connectivity index (χ4n) is 6.23. The van der Waals surface area contributed by atoms with Crippen LogP contribution >= 0.6 is 0 Å². The van der Waals surface area contributed by atoms with Gasteiger partial charge < -0.3 is 25.0 Å². The number of hydrogen-bond acceptors (Lipinski definition) is 10. The predicted molar refractivity (Wildman–Crippen MR) is 186 cm³/mol. The number of halogens is 3. The molecule has 14 nitrogen and oxygen atoms in total. The van der Waals surface area contributed by atoms with E-state index < -0.39 is 91.6 Å². The number of hydrogen-bond donors (Lipinski definition) is 3. The average Bonchev–Trinajstić information content (AvgIpc) is 3.94. The van der Waals surface area contributed by atoms with Crippen LogP contribution in [0.1, 0.15) is 78.6 Å². The van der Waals surface area contributed by atoms with E-state index in [1.54, 1.807) is 54.5 Å². The second kappa shape index (κ2) is 13.7. The summed E-state index contributed by atoms with van der Waals surface area (Å²) in [5, 5.41) is 4.70. The largest absolute Gasteiger partial charge is 0.488 e. The molecule has 2 aromatic heterocycles. The van der Waals surface area contributed by atoms with Gasteiger partial charge in [-0.1, -0.05) is 26.8 Å². The van der Waals surface area contributed by atoms with Gasteiger partial charge >= 0.3 is 12.3 Å². The van der Waals surface area contributed by atoms with Gasteiger partial charge in [0.15, 0.2) is 11.3 Å². The number of aromatic nitrogens is 2. The lowest BCUT2D eigenvalue weighted by atomic mass is 9.85. The first kappa shape index (κ1) is 39.7. The third-order valence-electron chi connectivity index (χ3n) is 9.23. The highest BCUT2D eigenvalue weighted by Gasteiger charge is 2.62. The van der Waals surface area contributed by atoms with Gasteiger partial charge in [0.05, 0.1) is 17.2 Å². The molecule has 53 heavy (non-hydrogen) atoms. The van der Waals surface area contributed by atoms with Crippen LogP contribution < -0.4 is 20.1 Å². The van der Waals surface area contributed by atoms with Crippen LogP contribution in [0.25, 0.3) is 11.0 Å². The lowest BCUT2D eigenvalue weighted by molar-refractivity contribution is -0.143. The standard InChI is InChI=1S/C35H45F3N6O8S/c1-9-19-16-34(19,30(47)43-53(49,50)21-11-12-21)42-28(45)23-14-20(17-44(23)29(46)26(32(3,4)5)41-31(48)52-33(6,7)8)51-24-15-25(35(36,37)38)40-27-22(24)13-10-18(2)39-27/h9-10,13,15,19-21,23,26H,1,11-12,14,16-17H2,2-8H3,(H,41,48)(H,42,45)(H,43,47). The summed E-state index contributed by atoms with van der Waals surface area (Å²) in [6.07, 6.45) is -4.83. The normalized spacial score (nSPS) is 23.9. The van der Waals surface area contributed by atoms with Crippen molar-refractivity contribution in [3.63, 3.8) is 0 Å². The molecule has 0 radical (unpaired) electrons. The second-order valence-electron chi connectivity index (χ2n) is 15.9. The van der Waals surface area contributed by atoms with Crippen LogP contribution in [-0.4, -0.2) is 88.2 Å². The summed E-state index contributed by atoms with van der Waals surface area (Å²) in [7, 11) is -3.98. The second-order valence-corrected chi connectivity index (χ2v) is 17.9. The van der Waals surface area contributed by atoms with Gasteiger partial charge in [-0.2, -0.15) is 13.2 Å². The molecule has 3 aliphatic rings. The van der Waals surface area contributed by atoms with Crippen LogP contribution in [0.5, 0.6) is 5.75 Å². The Kier molecular flexibility index (Phi) is 10.3. The summed E-state index contributed by atoms with van der Waals surface area (Å²) in [4.78, 5) is 63.9. The van der Waals surface area contributed by atoms with Crippen molar-refractivity contribution in [2.24, 2.45) is 11.3 Å². The van der Waals surface area contributed by atoms with E-state index in [1.165, 1.54) is 12.1 Å². The molecule has 3 N–H and O–H groups in total. The fourth-order valence-corrected chi connectivity index (χ4v) is 7.59. The van der Waals surface area contributed by atoms with Crippen molar-refractivity contribution in [1.29, 1.82) is 0 Å². The van der Waals surface area contributed by atoms with Gasteiger partial charge in [-0.25, -0.2) is 23.2 Å². The van der Waals surface area contributed by atoms with Crippen LogP contribution in [0.2, 0.25) is 0 Å². The van der Waals surface area contributed by atoms with E-state index in [-0.39, 0.29) is 36.2 Å². The Hall–Kier alpha value is -4.48. The number of alkyl carbamates (subject to hydrolysis) is 1. The number of amides is 4. The number of carbonyl (C=O) groups is 4. The van der Waals surface area contributed by atoms with Gasteiger partial charge in [-0.15, -0.1) is 6.58 Å². The van der Waals surface area contributed by atoms with Crippen LogP contribution in [-0.2, 0) is 35.3 Å². The molecule has 5 rings (SSSR count). The van der Waals surface area contributed by atoms with Crippen molar-refractivity contribution in [3.8, 4) is 5.75 Å². The number of pyridine rings is 2. The third-order valence-corrected chi connectivity index (χ3v) is 11.0. The lowest BCUT2D eigenvalue weighted by Crippen LogP contribution is -2.60. The SMILES string of the molecule is C=CC1CC1(NC(=O)C1CC(Oc2cc(C(F)(F)F)nc3nc(C)ccc23)CN1C(=O)C(NC(=O)OC(C)(C)C)C(C)(C)C)C(=O)NS(=O)(=O)C1CC1. The monoisotopic (exact) mass is 766 g/mol. The highest BCUT2D eigenvalue weighted by molar-refractivity contribution is 7.91. The maximum Gasteiger partial charge on any atom is 0.433 e. The topological polar surface area (TPSA) is 186 Å². The molecule has 5 unspecified atom stereocenters. The van der Waals surface area contributed by atoms with Gasteiger partial charge in [0.1, 0.15) is 35.1 Å². The minimum absolute atomic E-state index is 0.0370. The average molecular weight is 767 g/mol. The Balaban J connectivity index is 1.49. The van der Waals surface area contributed by atoms with Gasteiger partial charge in [0, 0.05) is 24.1 Å². The van der Waals surface area contributed by atoms with Gasteiger partial charge in [0.25, 0.3) is 5.91 Å². The molecule has 18 heteroatoms. The molecule has 4 amide bonds. The van der Waals surface area contributed by atoms with Crippen LogP contribution in [0, 0.1) is 18.3 Å². The maximum atomic E-state index is 14.4. The number of alkyl halides is 3. The zero-order valence-corrected chi connectivity index (χ0v) is 31.4. The minimum Gasteiger partial charge on any atom is -0.488 e. The minimum atomic E-state index is -4.85. The van der Waals surface area contributed by atoms with E-state index >= 15 is 0 Å². The third kappa shape index (κ3) is 8.84. The number of fused-ring (bicyclic) bond motifs is 1. The quantitative estimate of drug-likeness (QED) is 0.300. The number of rotatable bonds is 10. The van der Waals surface area contributed by atoms with Crippen molar-refractivity contribution in [3.05, 3.63) is 42.2 Å². The first-order chi connectivity index (χ1) is 24.3. The van der Waals surface area contributed by atoms with E-state index in [9.17, 15) is 40.8 Å². The van der Waals surface area contributed by atoms with E-state index in [4.69, 9.17) is 9.47 Å². The van der Waals surface area contributed by atoms with E-state index in [2.05, 4.69) is 31.9 Å². The smallest absolute Gasteiger partial charge is 0.433 e. The molecule has 5 atom stereocenters. The molecule has 3 heterocycles. The Bertz CT molecular complexity index is 1940. The predicted octanol–water partition coefficient (Wildman–Crippen LogP) is 3.91. The van der Waals surface area contributed by atoms with Crippen molar-refractivity contribution in [2.45, 2.75) is 115 Å². The first-order valence-corrected chi connectivity index (χ1v) is 18.7. The number of nitrogens with zero attached hydrogens (tertiary/aromatic N) is 3. The molecule has 1 saturated heterocycles. The van der Waals surface area contributed by atoms with Crippen LogP contribution in [0.3, 0.4) is 0 Å². The summed E-state index contributed by atoms with van der Waals surface area (Å²) in [6, 6.07) is 1.16. The highest BCUT2D eigenvalue weighted by atomic mass is 32.2. The lowest BCUT2D eigenvalue weighted by Gasteiger charge is -2.36. The molecule has 2 aliphatic carbocycles. The summed E-state index contributed by atoms with van der Waals surface area (Å²) < 4.78 is 80.7. The number of carbonyl (C=O) groups excluding carboxylic acids is 4. The molecular weight excluding hydrogens is 721 g/mol. The van der Waals surface area contributed by atoms with Crippen LogP contribution in [0.15, 0.2) is 30.9 Å². The Morgan fingerprint density at radius 3 is 2.28 bits per heavy atom. The molecule has 0 spiro atoms. The number of aryl methyl sites for hydroxylation is 1. The molecule has 2 saturated carbocycles. The van der Waals surface area contributed by atoms with Crippen molar-refractivity contribution in [2.75, 3.05) is 6.54 Å².